The van der Waals surface area contributed by atoms with Gasteiger partial charge in [0.05, 0.1) is 6.54 Å². The van der Waals surface area contributed by atoms with Crippen LogP contribution < -0.4 is 5.32 Å². The zero-order valence-corrected chi connectivity index (χ0v) is 14.3. The number of nitrogens with zero attached hydrogens (tertiary/aromatic N) is 1. The quantitative estimate of drug-likeness (QED) is 0.733. The largest absolute Gasteiger partial charge is 0.365 e. The number of rotatable bonds is 7. The zero-order valence-electron chi connectivity index (χ0n) is 13.5. The lowest BCUT2D eigenvalue weighted by Crippen LogP contribution is -2.26. The predicted octanol–water partition coefficient (Wildman–Crippen LogP) is 4.70. The lowest BCUT2D eigenvalue weighted by atomic mass is 9.90. The Labute approximate surface area is 124 Å². The van der Waals surface area contributed by atoms with Crippen LogP contribution in [0.1, 0.15) is 66.7 Å². The van der Waals surface area contributed by atoms with Gasteiger partial charge in [-0.15, -0.1) is 0 Å². The molecule has 2 unspecified atom stereocenters. The van der Waals surface area contributed by atoms with Crippen molar-refractivity contribution in [3.63, 3.8) is 0 Å². The average Bonchev–Trinajstić information content (AvgIpc) is 2.74. The summed E-state index contributed by atoms with van der Waals surface area (Å²) in [5.74, 6) is 0.810. The van der Waals surface area contributed by atoms with E-state index in [1.807, 2.05) is 11.8 Å². The van der Waals surface area contributed by atoms with Gasteiger partial charge in [-0.2, -0.15) is 0 Å². The van der Waals surface area contributed by atoms with Crippen LogP contribution >= 0.6 is 11.8 Å². The van der Waals surface area contributed by atoms with Gasteiger partial charge in [-0.1, -0.05) is 65.6 Å². The number of nitrogens with one attached hydrogen (secondary N) is 1. The third-order valence-electron chi connectivity index (χ3n) is 3.64. The van der Waals surface area contributed by atoms with Crippen molar-refractivity contribution >= 4 is 16.9 Å². The van der Waals surface area contributed by atoms with Crippen molar-refractivity contribution in [2.75, 3.05) is 13.1 Å². The molecule has 0 fully saturated rings. The summed E-state index contributed by atoms with van der Waals surface area (Å²) in [4.78, 5) is 4.66. The van der Waals surface area contributed by atoms with E-state index in [0.29, 0.717) is 10.7 Å². The molecule has 0 spiro atoms. The molecule has 0 aromatic rings. The molecule has 0 aromatic carbocycles. The molecule has 0 amide bonds. The maximum Gasteiger partial charge on any atom is 0.156 e. The highest BCUT2D eigenvalue weighted by molar-refractivity contribution is 8.14. The van der Waals surface area contributed by atoms with Crippen LogP contribution in [0.3, 0.4) is 0 Å². The van der Waals surface area contributed by atoms with E-state index in [9.17, 15) is 0 Å². The van der Waals surface area contributed by atoms with Gasteiger partial charge in [-0.3, -0.25) is 4.99 Å². The number of unbranched alkanes of at least 4 members (excludes halogenated alkanes) is 1. The molecule has 0 radical (unpaired) electrons. The lowest BCUT2D eigenvalue weighted by Gasteiger charge is -2.22. The van der Waals surface area contributed by atoms with Gasteiger partial charge in [0.25, 0.3) is 0 Å². The molecule has 112 valence electrons. The van der Waals surface area contributed by atoms with E-state index in [1.165, 1.54) is 37.3 Å². The number of hydrogen-bond donors (Lipinski definition) is 1. The van der Waals surface area contributed by atoms with Gasteiger partial charge in [0, 0.05) is 11.8 Å². The van der Waals surface area contributed by atoms with Crippen molar-refractivity contribution in [1.29, 1.82) is 0 Å². The maximum atomic E-state index is 4.66. The van der Waals surface area contributed by atoms with Crippen LogP contribution in [0.2, 0.25) is 0 Å². The molecule has 1 N–H and O–H groups in total. The molecule has 1 aliphatic heterocycles. The van der Waals surface area contributed by atoms with Crippen LogP contribution in [0, 0.1) is 11.3 Å². The summed E-state index contributed by atoms with van der Waals surface area (Å²) in [6.45, 7) is 13.6. The minimum absolute atomic E-state index is 0.412. The molecule has 0 aromatic heterocycles. The first-order chi connectivity index (χ1) is 8.94. The monoisotopic (exact) mass is 284 g/mol. The molecule has 1 aliphatic rings. The first-order valence-electron chi connectivity index (χ1n) is 7.89. The zero-order chi connectivity index (χ0) is 14.3. The lowest BCUT2D eigenvalue weighted by molar-refractivity contribution is 0.375. The minimum atomic E-state index is 0.412. The Hall–Kier alpha value is -0.180. The topological polar surface area (TPSA) is 24.4 Å². The summed E-state index contributed by atoms with van der Waals surface area (Å²) >= 11 is 1.95. The normalized spacial score (nSPS) is 21.3. The first kappa shape index (κ1) is 16.9. The summed E-state index contributed by atoms with van der Waals surface area (Å²) in [5, 5.41) is 5.43. The number of aliphatic imine (C=N–C) groups is 1. The van der Waals surface area contributed by atoms with E-state index < -0.39 is 0 Å². The molecular weight excluding hydrogens is 252 g/mol. The summed E-state index contributed by atoms with van der Waals surface area (Å²) < 4.78 is 0. The Kier molecular flexibility index (Phi) is 7.27. The second kappa shape index (κ2) is 8.18. The highest BCUT2D eigenvalue weighted by Crippen LogP contribution is 2.31. The van der Waals surface area contributed by atoms with Crippen LogP contribution in [-0.4, -0.2) is 23.5 Å². The molecular formula is C16H32N2S. The van der Waals surface area contributed by atoms with Gasteiger partial charge in [0.2, 0.25) is 0 Å². The fourth-order valence-corrected chi connectivity index (χ4v) is 3.84. The summed E-state index contributed by atoms with van der Waals surface area (Å²) in [5.41, 5.74) is 0.412. The van der Waals surface area contributed by atoms with Gasteiger partial charge < -0.3 is 5.32 Å². The van der Waals surface area contributed by atoms with Crippen LogP contribution in [0.5, 0.6) is 0 Å². The average molecular weight is 285 g/mol. The molecule has 0 bridgehead atoms. The predicted molar refractivity (Wildman–Crippen MR) is 89.1 cm³/mol. The first-order valence-corrected chi connectivity index (χ1v) is 8.77. The molecule has 2 atom stereocenters. The molecule has 19 heavy (non-hydrogen) atoms. The van der Waals surface area contributed by atoms with Crippen LogP contribution in [-0.2, 0) is 0 Å². The van der Waals surface area contributed by atoms with Gasteiger partial charge in [-0.25, -0.2) is 0 Å². The highest BCUT2D eigenvalue weighted by Gasteiger charge is 2.25. The molecule has 3 heteroatoms. The van der Waals surface area contributed by atoms with Gasteiger partial charge in [0.15, 0.2) is 5.17 Å². The Morgan fingerprint density at radius 3 is 2.68 bits per heavy atom. The number of thioether (sulfide) groups is 1. The molecule has 1 heterocycles. The molecule has 0 aliphatic carbocycles. The van der Waals surface area contributed by atoms with E-state index in [1.54, 1.807) is 0 Å². The smallest absolute Gasteiger partial charge is 0.156 e. The number of amidine groups is 1. The van der Waals surface area contributed by atoms with Crippen molar-refractivity contribution in [3.8, 4) is 0 Å². The van der Waals surface area contributed by atoms with E-state index in [2.05, 4.69) is 44.9 Å². The van der Waals surface area contributed by atoms with Gasteiger partial charge >= 0.3 is 0 Å². The van der Waals surface area contributed by atoms with Crippen LogP contribution in [0.15, 0.2) is 4.99 Å². The van der Waals surface area contributed by atoms with Crippen molar-refractivity contribution < 1.29 is 0 Å². The summed E-state index contributed by atoms with van der Waals surface area (Å²) in [6, 6.07) is 0. The second-order valence-electron chi connectivity index (χ2n) is 6.95. The standard InChI is InChI=1S/C16H32N2S/c1-6-8-9-13(7-2)11-17-15-18-12-14(19-15)10-16(3,4)5/h13-14H,6-12H2,1-5H3,(H,17,18). The van der Waals surface area contributed by atoms with Gasteiger partial charge in [-0.05, 0) is 24.2 Å². The summed E-state index contributed by atoms with van der Waals surface area (Å²) in [7, 11) is 0. The fourth-order valence-electron chi connectivity index (χ4n) is 2.48. The molecule has 0 saturated heterocycles. The van der Waals surface area contributed by atoms with Crippen molar-refractivity contribution in [2.24, 2.45) is 16.3 Å². The maximum absolute atomic E-state index is 4.66. The van der Waals surface area contributed by atoms with E-state index >= 15 is 0 Å². The molecule has 0 saturated carbocycles. The fraction of sp³-hybridized carbons (Fsp3) is 0.938. The Morgan fingerprint density at radius 2 is 2.11 bits per heavy atom. The van der Waals surface area contributed by atoms with Crippen LogP contribution in [0.25, 0.3) is 0 Å². The highest BCUT2D eigenvalue weighted by atomic mass is 32.2. The van der Waals surface area contributed by atoms with E-state index in [4.69, 9.17) is 0 Å². The van der Waals surface area contributed by atoms with Crippen molar-refractivity contribution in [1.82, 2.24) is 5.32 Å². The van der Waals surface area contributed by atoms with Gasteiger partial charge in [0.1, 0.15) is 0 Å². The number of hydrogen-bond acceptors (Lipinski definition) is 3. The second-order valence-corrected chi connectivity index (χ2v) is 8.24. The summed E-state index contributed by atoms with van der Waals surface area (Å²) in [6.07, 6.45) is 6.53. The molecule has 1 rings (SSSR count). The minimum Gasteiger partial charge on any atom is -0.365 e. The Morgan fingerprint density at radius 1 is 1.37 bits per heavy atom. The SMILES string of the molecule is CCCCC(CC)CNC1=NCC(CC(C)(C)C)S1. The third-order valence-corrected chi connectivity index (χ3v) is 4.79. The van der Waals surface area contributed by atoms with Crippen molar-refractivity contribution in [3.05, 3.63) is 0 Å². The van der Waals surface area contributed by atoms with Crippen molar-refractivity contribution in [2.45, 2.75) is 72.0 Å². The Balaban J connectivity index is 2.24. The third kappa shape index (κ3) is 7.24. The Bertz CT molecular complexity index is 281. The van der Waals surface area contributed by atoms with E-state index in [0.717, 1.165) is 19.0 Å². The molecule has 2 nitrogen and oxygen atoms in total. The van der Waals surface area contributed by atoms with Crippen LogP contribution in [0.4, 0.5) is 0 Å². The van der Waals surface area contributed by atoms with E-state index in [-0.39, 0.29) is 0 Å².